The Morgan fingerprint density at radius 2 is 1.81 bits per heavy atom. The number of thioether (sulfide) groups is 1. The normalized spacial score (nSPS) is 11.2. The summed E-state index contributed by atoms with van der Waals surface area (Å²) < 4.78 is 16.0. The maximum Gasteiger partial charge on any atom is 0.266 e. The third-order valence-electron chi connectivity index (χ3n) is 4.46. The van der Waals surface area contributed by atoms with Crippen molar-refractivity contribution in [3.05, 3.63) is 99.0 Å². The number of rotatable bonds is 6. The first-order valence-corrected chi connectivity index (χ1v) is 11.3. The van der Waals surface area contributed by atoms with Crippen molar-refractivity contribution >= 4 is 50.7 Å². The van der Waals surface area contributed by atoms with Crippen LogP contribution >= 0.6 is 27.7 Å². The molecule has 0 aliphatic rings. The molecule has 160 valence electrons. The molecule has 0 atom stereocenters. The number of para-hydroxylation sites is 1. The van der Waals surface area contributed by atoms with Gasteiger partial charge in [0.05, 0.1) is 28.6 Å². The van der Waals surface area contributed by atoms with Gasteiger partial charge in [-0.3, -0.25) is 14.2 Å². The molecule has 1 heterocycles. The zero-order chi connectivity index (χ0) is 22.5. The minimum atomic E-state index is -0.432. The maximum absolute atomic E-state index is 13.6. The van der Waals surface area contributed by atoms with E-state index < -0.39 is 11.7 Å². The molecule has 4 rings (SSSR count). The average Bonchev–Trinajstić information content (AvgIpc) is 2.80. The summed E-state index contributed by atoms with van der Waals surface area (Å²) in [6.07, 6.45) is 1.24. The fourth-order valence-electron chi connectivity index (χ4n) is 2.94. The highest BCUT2D eigenvalue weighted by molar-refractivity contribution is 9.10. The van der Waals surface area contributed by atoms with Crippen LogP contribution in [-0.2, 0) is 4.79 Å². The molecule has 4 aromatic rings. The molecule has 0 unspecified atom stereocenters. The number of nitrogens with zero attached hydrogens (tertiary/aromatic N) is 3. The van der Waals surface area contributed by atoms with Crippen LogP contribution in [0.1, 0.15) is 5.56 Å². The zero-order valence-electron chi connectivity index (χ0n) is 16.5. The quantitative estimate of drug-likeness (QED) is 0.179. The number of amides is 1. The molecule has 0 fully saturated rings. The second-order valence-electron chi connectivity index (χ2n) is 6.63. The number of hydrazone groups is 1. The van der Waals surface area contributed by atoms with E-state index in [4.69, 9.17) is 0 Å². The van der Waals surface area contributed by atoms with Crippen LogP contribution in [0.4, 0.5) is 4.39 Å². The molecular formula is C23H16BrFN4O2S. The van der Waals surface area contributed by atoms with Gasteiger partial charge in [0.15, 0.2) is 5.16 Å². The molecule has 32 heavy (non-hydrogen) atoms. The predicted octanol–water partition coefficient (Wildman–Crippen LogP) is 4.53. The van der Waals surface area contributed by atoms with Crippen LogP contribution in [0, 0.1) is 5.82 Å². The van der Waals surface area contributed by atoms with Gasteiger partial charge in [-0.25, -0.2) is 14.8 Å². The van der Waals surface area contributed by atoms with E-state index in [0.29, 0.717) is 21.7 Å². The van der Waals surface area contributed by atoms with Gasteiger partial charge in [-0.2, -0.15) is 5.10 Å². The topological polar surface area (TPSA) is 76.3 Å². The molecule has 6 nitrogen and oxygen atoms in total. The molecule has 0 radical (unpaired) electrons. The third-order valence-corrected chi connectivity index (χ3v) is 5.93. The second kappa shape index (κ2) is 9.88. The second-order valence-corrected chi connectivity index (χ2v) is 8.49. The van der Waals surface area contributed by atoms with Crippen molar-refractivity contribution in [1.82, 2.24) is 15.0 Å². The Hall–Kier alpha value is -3.30. The highest BCUT2D eigenvalue weighted by atomic mass is 79.9. The standard InChI is InChI=1S/C23H16BrFN4O2S/c24-16-9-11-17(12-10-16)29-22(31)18-6-2-4-8-20(18)27-23(29)32-14-21(30)28-26-13-15-5-1-3-7-19(15)25/h1-13H,14H2,(H,28,30)/b26-13+. The van der Waals surface area contributed by atoms with E-state index >= 15 is 0 Å². The number of nitrogens with one attached hydrogen (secondary N) is 1. The first-order chi connectivity index (χ1) is 15.5. The van der Waals surface area contributed by atoms with Crippen molar-refractivity contribution in [3.63, 3.8) is 0 Å². The van der Waals surface area contributed by atoms with Crippen molar-refractivity contribution in [2.24, 2.45) is 5.10 Å². The van der Waals surface area contributed by atoms with Gasteiger partial charge in [0, 0.05) is 10.0 Å². The monoisotopic (exact) mass is 510 g/mol. The summed E-state index contributed by atoms with van der Waals surface area (Å²) in [4.78, 5) is 30.0. The van der Waals surface area contributed by atoms with E-state index in [1.54, 1.807) is 54.6 Å². The smallest absolute Gasteiger partial charge is 0.266 e. The van der Waals surface area contributed by atoms with Gasteiger partial charge in [-0.1, -0.05) is 58.0 Å². The van der Waals surface area contributed by atoms with Crippen molar-refractivity contribution in [1.29, 1.82) is 0 Å². The minimum Gasteiger partial charge on any atom is -0.272 e. The average molecular weight is 511 g/mol. The molecule has 1 amide bonds. The van der Waals surface area contributed by atoms with E-state index in [0.717, 1.165) is 16.2 Å². The molecule has 0 aliphatic heterocycles. The molecule has 0 spiro atoms. The van der Waals surface area contributed by atoms with Gasteiger partial charge in [0.1, 0.15) is 5.82 Å². The van der Waals surface area contributed by atoms with Crippen LogP contribution in [0.15, 0.2) is 92.3 Å². The third kappa shape index (κ3) is 4.95. The maximum atomic E-state index is 13.6. The lowest BCUT2D eigenvalue weighted by molar-refractivity contribution is -0.118. The number of aromatic nitrogens is 2. The number of halogens is 2. The Morgan fingerprint density at radius 3 is 2.59 bits per heavy atom. The highest BCUT2D eigenvalue weighted by Crippen LogP contribution is 2.22. The Morgan fingerprint density at radius 1 is 1.09 bits per heavy atom. The highest BCUT2D eigenvalue weighted by Gasteiger charge is 2.14. The van der Waals surface area contributed by atoms with E-state index in [1.165, 1.54) is 16.8 Å². The zero-order valence-corrected chi connectivity index (χ0v) is 18.9. The molecular weight excluding hydrogens is 495 g/mol. The molecule has 0 aliphatic carbocycles. The van der Waals surface area contributed by atoms with Gasteiger partial charge in [-0.05, 0) is 42.5 Å². The summed E-state index contributed by atoms with van der Waals surface area (Å²) in [5.74, 6) is -0.873. The fourth-order valence-corrected chi connectivity index (χ4v) is 4.01. The van der Waals surface area contributed by atoms with Crippen LogP contribution in [0.5, 0.6) is 0 Å². The van der Waals surface area contributed by atoms with Crippen LogP contribution < -0.4 is 11.0 Å². The van der Waals surface area contributed by atoms with E-state index in [-0.39, 0.29) is 16.9 Å². The van der Waals surface area contributed by atoms with Gasteiger partial charge in [-0.15, -0.1) is 0 Å². The Balaban J connectivity index is 1.57. The molecule has 1 aromatic heterocycles. The SMILES string of the molecule is O=C(CSc1nc2ccccc2c(=O)n1-c1ccc(Br)cc1)N/N=C/c1ccccc1F. The number of carbonyl (C=O) groups excluding carboxylic acids is 1. The summed E-state index contributed by atoms with van der Waals surface area (Å²) in [5.41, 5.74) is 3.59. The van der Waals surface area contributed by atoms with Crippen molar-refractivity contribution < 1.29 is 9.18 Å². The summed E-state index contributed by atoms with van der Waals surface area (Å²) in [5, 5.41) is 4.66. The summed E-state index contributed by atoms with van der Waals surface area (Å²) in [6.45, 7) is 0. The molecule has 1 N–H and O–H groups in total. The number of carbonyl (C=O) groups is 1. The summed E-state index contributed by atoms with van der Waals surface area (Å²) in [7, 11) is 0. The van der Waals surface area contributed by atoms with E-state index in [1.807, 2.05) is 12.1 Å². The number of hydrogen-bond donors (Lipinski definition) is 1. The number of fused-ring (bicyclic) bond motifs is 1. The lowest BCUT2D eigenvalue weighted by Crippen LogP contribution is -2.24. The van der Waals surface area contributed by atoms with Crippen LogP contribution in [-0.4, -0.2) is 27.4 Å². The van der Waals surface area contributed by atoms with Crippen molar-refractivity contribution in [2.45, 2.75) is 5.16 Å². The van der Waals surface area contributed by atoms with Gasteiger partial charge in [0.25, 0.3) is 11.5 Å². The first-order valence-electron chi connectivity index (χ1n) is 9.50. The lowest BCUT2D eigenvalue weighted by atomic mass is 10.2. The van der Waals surface area contributed by atoms with Crippen molar-refractivity contribution in [2.75, 3.05) is 5.75 Å². The van der Waals surface area contributed by atoms with Gasteiger partial charge in [0.2, 0.25) is 0 Å². The van der Waals surface area contributed by atoms with Gasteiger partial charge >= 0.3 is 0 Å². The van der Waals surface area contributed by atoms with Crippen LogP contribution in [0.25, 0.3) is 16.6 Å². The Bertz CT molecular complexity index is 1370. The molecule has 0 bridgehead atoms. The summed E-state index contributed by atoms with van der Waals surface area (Å²) in [6, 6.07) is 20.4. The fraction of sp³-hybridized carbons (Fsp3) is 0.0435. The van der Waals surface area contributed by atoms with E-state index in [2.05, 4.69) is 31.4 Å². The van der Waals surface area contributed by atoms with E-state index in [9.17, 15) is 14.0 Å². The van der Waals surface area contributed by atoms with Crippen LogP contribution in [0.2, 0.25) is 0 Å². The lowest BCUT2D eigenvalue weighted by Gasteiger charge is -2.13. The number of hydrogen-bond acceptors (Lipinski definition) is 5. The molecule has 0 saturated carbocycles. The molecule has 3 aromatic carbocycles. The largest absolute Gasteiger partial charge is 0.272 e. The molecule has 0 saturated heterocycles. The van der Waals surface area contributed by atoms with Gasteiger partial charge < -0.3 is 0 Å². The van der Waals surface area contributed by atoms with Crippen molar-refractivity contribution in [3.8, 4) is 5.69 Å². The predicted molar refractivity (Wildman–Crippen MR) is 128 cm³/mol. The summed E-state index contributed by atoms with van der Waals surface area (Å²) >= 11 is 4.50. The minimum absolute atomic E-state index is 0.0318. The Labute approximate surface area is 195 Å². The number of benzene rings is 3. The van der Waals surface area contributed by atoms with Crippen LogP contribution in [0.3, 0.4) is 0 Å². The Kier molecular flexibility index (Phi) is 6.77. The molecule has 9 heteroatoms. The first kappa shape index (κ1) is 21.9.